The maximum absolute atomic E-state index is 13.3. The quantitative estimate of drug-likeness (QED) is 0.779. The number of fused-ring (bicyclic) bond motifs is 1. The molecule has 0 aliphatic rings. The van der Waals surface area contributed by atoms with Crippen LogP contribution >= 0.6 is 0 Å². The van der Waals surface area contributed by atoms with E-state index < -0.39 is 21.6 Å². The first-order valence-corrected chi connectivity index (χ1v) is 8.77. The van der Waals surface area contributed by atoms with Gasteiger partial charge in [-0.1, -0.05) is 6.07 Å². The number of nitrogens with zero attached hydrogens (tertiary/aromatic N) is 3. The minimum atomic E-state index is -3.66. The summed E-state index contributed by atoms with van der Waals surface area (Å²) in [5.41, 5.74) is 1.05. The third kappa shape index (κ3) is 2.98. The summed E-state index contributed by atoms with van der Waals surface area (Å²) in [5.74, 6) is -1.26. The molecule has 0 aliphatic heterocycles. The highest BCUT2D eigenvalue weighted by atomic mass is 32.2. The zero-order valence-corrected chi connectivity index (χ0v) is 13.6. The molecule has 0 fully saturated rings. The molecule has 1 amide bonds. The Morgan fingerprint density at radius 1 is 1.29 bits per heavy atom. The van der Waals surface area contributed by atoms with Crippen molar-refractivity contribution >= 4 is 27.2 Å². The minimum Gasteiger partial charge on any atom is -0.305 e. The van der Waals surface area contributed by atoms with Crippen LogP contribution in [0.15, 0.2) is 41.4 Å². The lowest BCUT2D eigenvalue weighted by atomic mass is 10.2. The van der Waals surface area contributed by atoms with Crippen molar-refractivity contribution < 1.29 is 17.6 Å². The Hall–Kier alpha value is -2.81. The molecule has 3 rings (SSSR count). The molecule has 0 bridgehead atoms. The number of hydrogen-bond donors (Lipinski definition) is 1. The molecule has 2 aromatic heterocycles. The van der Waals surface area contributed by atoms with Gasteiger partial charge in [0, 0.05) is 17.9 Å². The summed E-state index contributed by atoms with van der Waals surface area (Å²) in [4.78, 5) is 16.2. The zero-order chi connectivity index (χ0) is 17.5. The van der Waals surface area contributed by atoms with Gasteiger partial charge >= 0.3 is 0 Å². The zero-order valence-electron chi connectivity index (χ0n) is 12.8. The topological polar surface area (TPSA) is 93.4 Å². The minimum absolute atomic E-state index is 0.0372. The van der Waals surface area contributed by atoms with E-state index in [4.69, 9.17) is 0 Å². The second-order valence-corrected chi connectivity index (χ2v) is 7.25. The van der Waals surface area contributed by atoms with Gasteiger partial charge in [0.05, 0.1) is 11.9 Å². The Labute approximate surface area is 137 Å². The molecule has 124 valence electrons. The van der Waals surface area contributed by atoms with E-state index in [2.05, 4.69) is 15.4 Å². The number of carbonyl (C=O) groups is 1. The van der Waals surface area contributed by atoms with Gasteiger partial charge in [-0.05, 0) is 25.1 Å². The van der Waals surface area contributed by atoms with Crippen molar-refractivity contribution in [2.45, 2.75) is 11.8 Å². The number of amides is 1. The normalized spacial score (nSPS) is 11.6. The molecular formula is C15H13FN4O3S. The first-order chi connectivity index (χ1) is 11.3. The number of hydrogen-bond acceptors (Lipinski definition) is 5. The smallest absolute Gasteiger partial charge is 0.256 e. The summed E-state index contributed by atoms with van der Waals surface area (Å²) >= 11 is 0. The molecule has 7 nitrogen and oxygen atoms in total. The van der Waals surface area contributed by atoms with Crippen LogP contribution < -0.4 is 5.32 Å². The van der Waals surface area contributed by atoms with Crippen molar-refractivity contribution in [2.24, 2.45) is 0 Å². The van der Waals surface area contributed by atoms with Crippen molar-refractivity contribution in [1.29, 1.82) is 0 Å². The fourth-order valence-corrected chi connectivity index (χ4v) is 2.96. The highest BCUT2D eigenvalue weighted by molar-refractivity contribution is 7.90. The third-order valence-electron chi connectivity index (χ3n) is 3.29. The van der Waals surface area contributed by atoms with Gasteiger partial charge in [-0.25, -0.2) is 17.8 Å². The fourth-order valence-electron chi connectivity index (χ4n) is 2.23. The van der Waals surface area contributed by atoms with Crippen molar-refractivity contribution in [3.05, 3.63) is 53.6 Å². The number of aromatic nitrogens is 3. The first kappa shape index (κ1) is 16.1. The Kier molecular flexibility index (Phi) is 3.80. The van der Waals surface area contributed by atoms with E-state index >= 15 is 0 Å². The molecule has 3 aromatic rings. The number of aryl methyl sites for hydroxylation is 1. The number of benzene rings is 1. The van der Waals surface area contributed by atoms with Crippen molar-refractivity contribution in [3.63, 3.8) is 0 Å². The molecule has 0 spiro atoms. The van der Waals surface area contributed by atoms with E-state index in [1.807, 2.05) is 0 Å². The number of sulfone groups is 1. The number of anilines is 1. The van der Waals surface area contributed by atoms with Crippen LogP contribution in [0.25, 0.3) is 5.65 Å². The Balaban J connectivity index is 2.15. The summed E-state index contributed by atoms with van der Waals surface area (Å²) in [6, 6.07) is 6.72. The predicted molar refractivity (Wildman–Crippen MR) is 85.2 cm³/mol. The molecule has 9 heteroatoms. The summed E-state index contributed by atoms with van der Waals surface area (Å²) in [6.07, 6.45) is 2.16. The van der Waals surface area contributed by atoms with Crippen LogP contribution in [0.4, 0.5) is 10.2 Å². The maximum Gasteiger partial charge on any atom is 0.256 e. The van der Waals surface area contributed by atoms with E-state index in [1.165, 1.54) is 22.7 Å². The lowest BCUT2D eigenvalue weighted by molar-refractivity contribution is 0.102. The monoisotopic (exact) mass is 348 g/mol. The fraction of sp³-hybridized carbons (Fsp3) is 0.133. The van der Waals surface area contributed by atoms with Gasteiger partial charge in [0.2, 0.25) is 0 Å². The third-order valence-corrected chi connectivity index (χ3v) is 4.39. The molecule has 0 unspecified atom stereocenters. The van der Waals surface area contributed by atoms with Crippen LogP contribution in [0.1, 0.15) is 16.1 Å². The lowest BCUT2D eigenvalue weighted by Gasteiger charge is -2.11. The number of halogens is 1. The van der Waals surface area contributed by atoms with E-state index in [-0.39, 0.29) is 16.3 Å². The lowest BCUT2D eigenvalue weighted by Crippen LogP contribution is -2.18. The first-order valence-electron chi connectivity index (χ1n) is 6.88. The summed E-state index contributed by atoms with van der Waals surface area (Å²) in [5, 5.41) is 6.65. The highest BCUT2D eigenvalue weighted by Gasteiger charge is 2.21. The number of nitrogens with one attached hydrogen (secondary N) is 1. The SMILES string of the molecule is Cc1cc2ncc(S(C)(=O)=O)c(NC(=O)c3cccc(F)c3)n2n1. The van der Waals surface area contributed by atoms with E-state index in [9.17, 15) is 17.6 Å². The molecule has 24 heavy (non-hydrogen) atoms. The van der Waals surface area contributed by atoms with E-state index in [1.54, 1.807) is 13.0 Å². The van der Waals surface area contributed by atoms with Gasteiger partial charge < -0.3 is 5.32 Å². The van der Waals surface area contributed by atoms with Crippen LogP contribution in [0.2, 0.25) is 0 Å². The van der Waals surface area contributed by atoms with Crippen LogP contribution in [0, 0.1) is 12.7 Å². The molecule has 0 saturated carbocycles. The number of rotatable bonds is 3. The summed E-state index contributed by atoms with van der Waals surface area (Å²) < 4.78 is 38.5. The largest absolute Gasteiger partial charge is 0.305 e. The molecule has 2 heterocycles. The number of carbonyl (C=O) groups excluding carboxylic acids is 1. The molecule has 0 atom stereocenters. The van der Waals surface area contributed by atoms with Gasteiger partial charge in [-0.3, -0.25) is 4.79 Å². The Bertz CT molecular complexity index is 1060. The molecule has 0 aliphatic carbocycles. The standard InChI is InChI=1S/C15H13FN4O3S/c1-9-6-13-17-8-12(24(2,22)23)14(20(13)19-9)18-15(21)10-4-3-5-11(16)7-10/h3-8H,1-2H3,(H,18,21). The second-order valence-electron chi connectivity index (χ2n) is 5.26. The van der Waals surface area contributed by atoms with E-state index in [0.29, 0.717) is 11.3 Å². The maximum atomic E-state index is 13.3. The Morgan fingerprint density at radius 2 is 2.04 bits per heavy atom. The molecule has 0 saturated heterocycles. The van der Waals surface area contributed by atoms with Gasteiger partial charge in [-0.2, -0.15) is 9.61 Å². The van der Waals surface area contributed by atoms with Gasteiger partial charge in [0.25, 0.3) is 5.91 Å². The Morgan fingerprint density at radius 3 is 2.71 bits per heavy atom. The molecule has 0 radical (unpaired) electrons. The van der Waals surface area contributed by atoms with Crippen LogP contribution in [-0.4, -0.2) is 35.2 Å². The van der Waals surface area contributed by atoms with Crippen molar-refractivity contribution in [3.8, 4) is 0 Å². The van der Waals surface area contributed by atoms with Gasteiger partial charge in [0.1, 0.15) is 10.7 Å². The van der Waals surface area contributed by atoms with Gasteiger partial charge in [-0.15, -0.1) is 0 Å². The molecule has 1 aromatic carbocycles. The van der Waals surface area contributed by atoms with Gasteiger partial charge in [0.15, 0.2) is 21.3 Å². The van der Waals surface area contributed by atoms with Crippen LogP contribution in [-0.2, 0) is 9.84 Å². The average Bonchev–Trinajstić information content (AvgIpc) is 2.87. The average molecular weight is 348 g/mol. The summed E-state index contributed by atoms with van der Waals surface area (Å²) in [7, 11) is -3.66. The highest BCUT2D eigenvalue weighted by Crippen LogP contribution is 2.22. The summed E-state index contributed by atoms with van der Waals surface area (Å²) in [6.45, 7) is 1.72. The van der Waals surface area contributed by atoms with Crippen molar-refractivity contribution in [2.75, 3.05) is 11.6 Å². The van der Waals surface area contributed by atoms with Crippen molar-refractivity contribution in [1.82, 2.24) is 14.6 Å². The molecule has 1 N–H and O–H groups in total. The second kappa shape index (κ2) is 5.68. The molecular weight excluding hydrogens is 335 g/mol. The van der Waals surface area contributed by atoms with Crippen LogP contribution in [0.3, 0.4) is 0 Å². The predicted octanol–water partition coefficient (Wildman–Crippen LogP) is 1.83. The van der Waals surface area contributed by atoms with Crippen LogP contribution in [0.5, 0.6) is 0 Å². The van der Waals surface area contributed by atoms with E-state index in [0.717, 1.165) is 18.5 Å².